The zero-order valence-corrected chi connectivity index (χ0v) is 11.5. The lowest BCUT2D eigenvalue weighted by Gasteiger charge is -2.11. The molecule has 1 aromatic rings. The van der Waals surface area contributed by atoms with E-state index < -0.39 is 0 Å². The minimum Gasteiger partial charge on any atom is -0.496 e. The quantitative estimate of drug-likeness (QED) is 0.810. The molecule has 1 aromatic carbocycles. The van der Waals surface area contributed by atoms with Gasteiger partial charge in [-0.05, 0) is 56.5 Å². The molecule has 0 aliphatic rings. The number of methoxy groups -OCH3 is 1. The Hall–Kier alpha value is -0.990. The van der Waals surface area contributed by atoms with Crippen molar-refractivity contribution in [1.82, 2.24) is 0 Å². The minimum atomic E-state index is 0.718. The van der Waals surface area contributed by atoms with Gasteiger partial charge >= 0.3 is 0 Å². The van der Waals surface area contributed by atoms with Gasteiger partial charge in [-0.25, -0.2) is 0 Å². The summed E-state index contributed by atoms with van der Waals surface area (Å²) in [6, 6.07) is 3.93. The second-order valence-corrected chi connectivity index (χ2v) is 4.53. The molecule has 0 radical (unpaired) electrons. The smallest absolute Gasteiger partial charge is 0.126 e. The van der Waals surface area contributed by atoms with E-state index in [2.05, 4.69) is 13.0 Å². The molecule has 0 aliphatic carbocycles. The molecule has 94 valence electrons. The molecule has 0 saturated heterocycles. The van der Waals surface area contributed by atoms with Crippen LogP contribution in [-0.4, -0.2) is 13.7 Å². The number of halogens is 1. The van der Waals surface area contributed by atoms with E-state index in [0.29, 0.717) is 0 Å². The van der Waals surface area contributed by atoms with Gasteiger partial charge < -0.3 is 10.5 Å². The van der Waals surface area contributed by atoms with Crippen LogP contribution < -0.4 is 10.5 Å². The Morgan fingerprint density at radius 2 is 2.18 bits per heavy atom. The fraction of sp³-hybridized carbons (Fsp3) is 0.429. The molecule has 0 heterocycles. The normalized spacial score (nSPS) is 11.7. The first kappa shape index (κ1) is 14.1. The highest BCUT2D eigenvalue weighted by atomic mass is 35.5. The maximum atomic E-state index is 6.15. The van der Waals surface area contributed by atoms with Crippen LogP contribution in [-0.2, 0) is 0 Å². The van der Waals surface area contributed by atoms with Gasteiger partial charge in [0.15, 0.2) is 0 Å². The van der Waals surface area contributed by atoms with E-state index in [1.807, 2.05) is 19.1 Å². The predicted molar refractivity (Wildman–Crippen MR) is 74.7 cm³/mol. The van der Waals surface area contributed by atoms with Crippen LogP contribution in [0.3, 0.4) is 0 Å². The molecule has 0 unspecified atom stereocenters. The Morgan fingerprint density at radius 3 is 2.76 bits per heavy atom. The first-order valence-corrected chi connectivity index (χ1v) is 6.19. The van der Waals surface area contributed by atoms with Gasteiger partial charge in [0.2, 0.25) is 0 Å². The van der Waals surface area contributed by atoms with Crippen LogP contribution in [0.4, 0.5) is 0 Å². The molecule has 0 saturated carbocycles. The fourth-order valence-electron chi connectivity index (χ4n) is 1.68. The summed E-state index contributed by atoms with van der Waals surface area (Å²) in [5.74, 6) is 0.869. The molecular formula is C14H20ClNO. The van der Waals surface area contributed by atoms with Gasteiger partial charge in [0.1, 0.15) is 5.75 Å². The Kier molecular flexibility index (Phi) is 5.52. The number of unbranched alkanes of at least 4 members (excludes halogenated alkanes) is 1. The van der Waals surface area contributed by atoms with Crippen molar-refractivity contribution in [3.05, 3.63) is 34.4 Å². The van der Waals surface area contributed by atoms with E-state index in [1.165, 1.54) is 5.57 Å². The second kappa shape index (κ2) is 6.67. The zero-order chi connectivity index (χ0) is 12.8. The molecule has 0 aliphatic heterocycles. The van der Waals surface area contributed by atoms with Gasteiger partial charge in [0, 0.05) is 10.6 Å². The molecule has 0 atom stereocenters. The monoisotopic (exact) mass is 253 g/mol. The van der Waals surface area contributed by atoms with Crippen molar-refractivity contribution in [3.8, 4) is 5.75 Å². The lowest BCUT2D eigenvalue weighted by molar-refractivity contribution is 0.413. The van der Waals surface area contributed by atoms with E-state index in [4.69, 9.17) is 22.1 Å². The van der Waals surface area contributed by atoms with Crippen LogP contribution in [0.1, 0.15) is 30.9 Å². The number of ether oxygens (including phenoxy) is 1. The predicted octanol–water partition coefficient (Wildman–Crippen LogP) is 3.80. The van der Waals surface area contributed by atoms with Crippen LogP contribution in [0.15, 0.2) is 18.2 Å². The molecule has 0 spiro atoms. The van der Waals surface area contributed by atoms with Crippen LogP contribution in [0.25, 0.3) is 5.57 Å². The number of benzene rings is 1. The van der Waals surface area contributed by atoms with Crippen molar-refractivity contribution in [3.63, 3.8) is 0 Å². The average molecular weight is 254 g/mol. The number of allylic oxidation sites excluding steroid dienone is 2. The van der Waals surface area contributed by atoms with Gasteiger partial charge in [0.05, 0.1) is 7.11 Å². The third kappa shape index (κ3) is 3.76. The highest BCUT2D eigenvalue weighted by Gasteiger charge is 2.08. The lowest BCUT2D eigenvalue weighted by Crippen LogP contribution is -1.97. The number of hydrogen-bond donors (Lipinski definition) is 1. The summed E-state index contributed by atoms with van der Waals surface area (Å²) in [4.78, 5) is 0. The summed E-state index contributed by atoms with van der Waals surface area (Å²) in [5.41, 5.74) is 8.74. The Balaban J connectivity index is 3.03. The highest BCUT2D eigenvalue weighted by Crippen LogP contribution is 2.31. The topological polar surface area (TPSA) is 35.2 Å². The van der Waals surface area contributed by atoms with E-state index in [9.17, 15) is 0 Å². The molecule has 17 heavy (non-hydrogen) atoms. The van der Waals surface area contributed by atoms with Crippen molar-refractivity contribution >= 4 is 17.2 Å². The fourth-order valence-corrected chi connectivity index (χ4v) is 1.84. The molecule has 2 nitrogen and oxygen atoms in total. The van der Waals surface area contributed by atoms with Crippen molar-refractivity contribution in [1.29, 1.82) is 0 Å². The highest BCUT2D eigenvalue weighted by molar-refractivity contribution is 6.31. The maximum absolute atomic E-state index is 6.15. The molecular weight excluding hydrogens is 234 g/mol. The number of hydrogen-bond acceptors (Lipinski definition) is 2. The molecule has 0 bridgehead atoms. The molecule has 2 N–H and O–H groups in total. The lowest BCUT2D eigenvalue weighted by atomic mass is 10.0. The average Bonchev–Trinajstić information content (AvgIpc) is 2.32. The third-order valence-corrected chi connectivity index (χ3v) is 3.17. The molecule has 0 aromatic heterocycles. The Morgan fingerprint density at radius 1 is 1.47 bits per heavy atom. The van der Waals surface area contributed by atoms with Crippen LogP contribution in [0.2, 0.25) is 5.02 Å². The van der Waals surface area contributed by atoms with Crippen molar-refractivity contribution in [2.75, 3.05) is 13.7 Å². The number of aryl methyl sites for hydroxylation is 1. The van der Waals surface area contributed by atoms with Gasteiger partial charge in [-0.1, -0.05) is 17.7 Å². The van der Waals surface area contributed by atoms with Crippen LogP contribution in [0.5, 0.6) is 5.75 Å². The summed E-state index contributed by atoms with van der Waals surface area (Å²) >= 11 is 6.15. The largest absolute Gasteiger partial charge is 0.496 e. The van der Waals surface area contributed by atoms with Crippen LogP contribution in [0, 0.1) is 6.92 Å². The van der Waals surface area contributed by atoms with Gasteiger partial charge in [0.25, 0.3) is 0 Å². The first-order valence-electron chi connectivity index (χ1n) is 5.81. The number of nitrogens with two attached hydrogens (primary N) is 1. The second-order valence-electron chi connectivity index (χ2n) is 4.12. The summed E-state index contributed by atoms with van der Waals surface area (Å²) in [7, 11) is 1.68. The van der Waals surface area contributed by atoms with E-state index in [-0.39, 0.29) is 0 Å². The van der Waals surface area contributed by atoms with Crippen molar-refractivity contribution < 1.29 is 4.74 Å². The van der Waals surface area contributed by atoms with Crippen molar-refractivity contribution in [2.45, 2.75) is 26.7 Å². The summed E-state index contributed by atoms with van der Waals surface area (Å²) in [5, 5.41) is 0.771. The first-order chi connectivity index (χ1) is 8.10. The Bertz CT molecular complexity index is 413. The zero-order valence-electron chi connectivity index (χ0n) is 10.7. The van der Waals surface area contributed by atoms with Gasteiger partial charge in [-0.15, -0.1) is 0 Å². The van der Waals surface area contributed by atoms with E-state index in [0.717, 1.165) is 41.3 Å². The number of rotatable bonds is 5. The molecule has 0 amide bonds. The van der Waals surface area contributed by atoms with Gasteiger partial charge in [-0.2, -0.15) is 0 Å². The van der Waals surface area contributed by atoms with E-state index in [1.54, 1.807) is 7.11 Å². The standard InChI is InChI=1S/C14H20ClNO/c1-10(6-4-5-7-16)12-9-13(15)11(2)8-14(12)17-3/h6,8-9H,4-5,7,16H2,1-3H3/b10-6+. The van der Waals surface area contributed by atoms with Crippen molar-refractivity contribution in [2.24, 2.45) is 5.73 Å². The molecule has 1 rings (SSSR count). The third-order valence-electron chi connectivity index (χ3n) is 2.76. The summed E-state index contributed by atoms with van der Waals surface area (Å²) in [6.07, 6.45) is 4.16. The summed E-state index contributed by atoms with van der Waals surface area (Å²) in [6.45, 7) is 4.76. The molecule has 3 heteroatoms. The Labute approximate surface area is 108 Å². The summed E-state index contributed by atoms with van der Waals surface area (Å²) < 4.78 is 5.38. The van der Waals surface area contributed by atoms with Crippen LogP contribution >= 0.6 is 11.6 Å². The minimum absolute atomic E-state index is 0.718. The van der Waals surface area contributed by atoms with E-state index >= 15 is 0 Å². The SMILES string of the molecule is COc1cc(C)c(Cl)cc1/C(C)=C/CCCN. The van der Waals surface area contributed by atoms with Gasteiger partial charge in [-0.3, -0.25) is 0 Å². The maximum Gasteiger partial charge on any atom is 0.126 e. The molecule has 0 fully saturated rings.